The molecule has 27 heavy (non-hydrogen) atoms. The molecule has 2 aliphatic heterocycles. The lowest BCUT2D eigenvalue weighted by Gasteiger charge is -2.22. The van der Waals surface area contributed by atoms with Crippen LogP contribution in [0.15, 0.2) is 53.7 Å². The smallest absolute Gasteiger partial charge is 0.191 e. The zero-order valence-corrected chi connectivity index (χ0v) is 17.9. The maximum Gasteiger partial charge on any atom is 0.191 e. The van der Waals surface area contributed by atoms with Crippen molar-refractivity contribution in [2.45, 2.75) is 51.0 Å². The Balaban J connectivity index is 0.00000210. The second-order valence-electron chi connectivity index (χ2n) is 6.97. The largest absolute Gasteiger partial charge is 0.373 e. The molecule has 1 aromatic heterocycles. The van der Waals surface area contributed by atoms with Crippen molar-refractivity contribution < 1.29 is 4.74 Å². The number of hydrogen-bond donors (Lipinski definition) is 2. The number of fused-ring (bicyclic) bond motifs is 2. The Labute approximate surface area is 178 Å². The Morgan fingerprint density at radius 3 is 2.85 bits per heavy atom. The van der Waals surface area contributed by atoms with Crippen LogP contribution in [0.3, 0.4) is 0 Å². The van der Waals surface area contributed by atoms with Crippen molar-refractivity contribution in [3.8, 4) is 11.3 Å². The third kappa shape index (κ3) is 4.99. The van der Waals surface area contributed by atoms with Crippen molar-refractivity contribution in [2.24, 2.45) is 4.99 Å². The highest BCUT2D eigenvalue weighted by Gasteiger charge is 2.41. The number of benzene rings is 1. The molecule has 3 unspecified atom stereocenters. The van der Waals surface area contributed by atoms with E-state index in [0.29, 0.717) is 24.8 Å². The van der Waals surface area contributed by atoms with E-state index in [1.54, 1.807) is 0 Å². The summed E-state index contributed by atoms with van der Waals surface area (Å²) in [7, 11) is 0. The third-order valence-electron chi connectivity index (χ3n) is 5.08. The Morgan fingerprint density at radius 1 is 1.22 bits per heavy atom. The molecule has 2 fully saturated rings. The van der Waals surface area contributed by atoms with Gasteiger partial charge in [0.1, 0.15) is 0 Å². The second-order valence-corrected chi connectivity index (χ2v) is 6.97. The highest BCUT2D eigenvalue weighted by Crippen LogP contribution is 2.34. The van der Waals surface area contributed by atoms with Crippen molar-refractivity contribution in [3.05, 3.63) is 54.2 Å². The lowest BCUT2D eigenvalue weighted by atomic mass is 9.96. The SMILES string of the molecule is CCNC(=NCc1cccc(-c2ccccn2)c1)NC1CC2CCC1O2.I. The first-order valence-electron chi connectivity index (χ1n) is 9.52. The quantitative estimate of drug-likeness (QED) is 0.391. The van der Waals surface area contributed by atoms with E-state index in [1.807, 2.05) is 24.4 Å². The Bertz CT molecular complexity index is 768. The topological polar surface area (TPSA) is 58.5 Å². The molecule has 3 atom stereocenters. The average molecular weight is 478 g/mol. The molecule has 0 radical (unpaired) electrons. The number of halogens is 1. The molecule has 2 aromatic rings. The van der Waals surface area contributed by atoms with Crippen LogP contribution < -0.4 is 10.6 Å². The van der Waals surface area contributed by atoms with E-state index in [1.165, 1.54) is 12.0 Å². The Morgan fingerprint density at radius 2 is 2.15 bits per heavy atom. The van der Waals surface area contributed by atoms with Gasteiger partial charge in [0.15, 0.2) is 5.96 Å². The van der Waals surface area contributed by atoms with E-state index < -0.39 is 0 Å². The Kier molecular flexibility index (Phi) is 7.07. The molecular weight excluding hydrogens is 451 g/mol. The van der Waals surface area contributed by atoms with Gasteiger partial charge < -0.3 is 15.4 Å². The number of pyridine rings is 1. The number of aromatic nitrogens is 1. The van der Waals surface area contributed by atoms with Gasteiger partial charge in [-0.2, -0.15) is 0 Å². The Hall–Kier alpha value is -1.67. The number of guanidine groups is 1. The third-order valence-corrected chi connectivity index (χ3v) is 5.08. The summed E-state index contributed by atoms with van der Waals surface area (Å²) in [6, 6.07) is 14.8. The zero-order valence-electron chi connectivity index (χ0n) is 15.6. The summed E-state index contributed by atoms with van der Waals surface area (Å²) in [6.45, 7) is 3.58. The summed E-state index contributed by atoms with van der Waals surface area (Å²) in [5, 5.41) is 6.92. The van der Waals surface area contributed by atoms with Crippen molar-refractivity contribution in [1.82, 2.24) is 15.6 Å². The van der Waals surface area contributed by atoms with Gasteiger partial charge in [0.2, 0.25) is 0 Å². The molecular formula is C21H27IN4O. The lowest BCUT2D eigenvalue weighted by molar-refractivity contribution is 0.0992. The lowest BCUT2D eigenvalue weighted by Crippen LogP contribution is -2.47. The molecule has 0 amide bonds. The molecule has 1 aromatic carbocycles. The molecule has 3 heterocycles. The summed E-state index contributed by atoms with van der Waals surface area (Å²) < 4.78 is 5.94. The number of nitrogens with zero attached hydrogens (tertiary/aromatic N) is 2. The van der Waals surface area contributed by atoms with Gasteiger partial charge in [-0.3, -0.25) is 4.98 Å². The predicted molar refractivity (Wildman–Crippen MR) is 119 cm³/mol. The van der Waals surface area contributed by atoms with Crippen molar-refractivity contribution in [3.63, 3.8) is 0 Å². The molecule has 144 valence electrons. The molecule has 6 heteroatoms. The van der Waals surface area contributed by atoms with Crippen LogP contribution in [0.4, 0.5) is 0 Å². The number of ether oxygens (including phenoxy) is 1. The first-order chi connectivity index (χ1) is 12.8. The number of aliphatic imine (C=N–C) groups is 1. The highest BCUT2D eigenvalue weighted by molar-refractivity contribution is 14.0. The fourth-order valence-corrected chi connectivity index (χ4v) is 3.82. The van der Waals surface area contributed by atoms with E-state index in [4.69, 9.17) is 9.73 Å². The highest BCUT2D eigenvalue weighted by atomic mass is 127. The fourth-order valence-electron chi connectivity index (χ4n) is 3.82. The molecule has 2 N–H and O–H groups in total. The predicted octanol–water partition coefficient (Wildman–Crippen LogP) is 3.74. The standard InChI is InChI=1S/C21H26N4O.HI/c1-2-22-21(25-19-13-17-9-10-20(19)26-17)24-14-15-6-5-7-16(12-15)18-8-3-4-11-23-18;/h3-8,11-12,17,19-20H,2,9-10,13-14H2,1H3,(H2,22,24,25);1H. The average Bonchev–Trinajstić information content (AvgIpc) is 3.30. The van der Waals surface area contributed by atoms with Crippen LogP contribution in [0.5, 0.6) is 0 Å². The maximum absolute atomic E-state index is 5.94. The number of nitrogens with one attached hydrogen (secondary N) is 2. The van der Waals surface area contributed by atoms with Crippen molar-refractivity contribution in [2.75, 3.05) is 6.54 Å². The van der Waals surface area contributed by atoms with Crippen LogP contribution in [-0.4, -0.2) is 35.7 Å². The van der Waals surface area contributed by atoms with Crippen molar-refractivity contribution >= 4 is 29.9 Å². The minimum absolute atomic E-state index is 0. The van der Waals surface area contributed by atoms with Gasteiger partial charge in [0, 0.05) is 18.3 Å². The molecule has 0 aliphatic carbocycles. The van der Waals surface area contributed by atoms with Gasteiger partial charge in [0.25, 0.3) is 0 Å². The van der Waals surface area contributed by atoms with Crippen LogP contribution in [0.1, 0.15) is 31.7 Å². The summed E-state index contributed by atoms with van der Waals surface area (Å²) in [5.41, 5.74) is 3.29. The van der Waals surface area contributed by atoms with Crippen LogP contribution in [0, 0.1) is 0 Å². The van der Waals surface area contributed by atoms with Gasteiger partial charge >= 0.3 is 0 Å². The minimum atomic E-state index is 0. The van der Waals surface area contributed by atoms with Crippen molar-refractivity contribution in [1.29, 1.82) is 0 Å². The van der Waals surface area contributed by atoms with E-state index in [9.17, 15) is 0 Å². The van der Waals surface area contributed by atoms with E-state index in [2.05, 4.69) is 46.8 Å². The van der Waals surface area contributed by atoms with E-state index >= 15 is 0 Å². The van der Waals surface area contributed by atoms with Crippen LogP contribution >= 0.6 is 24.0 Å². The van der Waals surface area contributed by atoms with Gasteiger partial charge in [-0.15, -0.1) is 24.0 Å². The van der Waals surface area contributed by atoms with Gasteiger partial charge in [-0.25, -0.2) is 4.99 Å². The van der Waals surface area contributed by atoms with Crippen LogP contribution in [0.2, 0.25) is 0 Å². The molecule has 4 rings (SSSR count). The summed E-state index contributed by atoms with van der Waals surface area (Å²) >= 11 is 0. The first kappa shape index (κ1) is 20.1. The minimum Gasteiger partial charge on any atom is -0.373 e. The maximum atomic E-state index is 5.94. The summed E-state index contributed by atoms with van der Waals surface area (Å²) in [5.74, 6) is 0.872. The van der Waals surface area contributed by atoms with E-state index in [0.717, 1.165) is 36.6 Å². The number of rotatable bonds is 5. The second kappa shape index (κ2) is 9.50. The van der Waals surface area contributed by atoms with Crippen LogP contribution in [0.25, 0.3) is 11.3 Å². The molecule has 2 saturated heterocycles. The van der Waals surface area contributed by atoms with Gasteiger partial charge in [0.05, 0.1) is 30.5 Å². The molecule has 5 nitrogen and oxygen atoms in total. The number of hydrogen-bond acceptors (Lipinski definition) is 3. The molecule has 2 bridgehead atoms. The van der Waals surface area contributed by atoms with E-state index in [-0.39, 0.29) is 24.0 Å². The first-order valence-corrected chi connectivity index (χ1v) is 9.52. The van der Waals surface area contributed by atoms with Gasteiger partial charge in [-0.05, 0) is 49.9 Å². The molecule has 0 saturated carbocycles. The van der Waals surface area contributed by atoms with Gasteiger partial charge in [-0.1, -0.05) is 24.3 Å². The molecule has 2 aliphatic rings. The zero-order chi connectivity index (χ0) is 17.8. The summed E-state index contributed by atoms with van der Waals surface area (Å²) in [4.78, 5) is 9.21. The monoisotopic (exact) mass is 478 g/mol. The molecule has 0 spiro atoms. The summed E-state index contributed by atoms with van der Waals surface area (Å²) in [6.07, 6.45) is 6.06. The fraction of sp³-hybridized carbons (Fsp3) is 0.429. The van der Waals surface area contributed by atoms with Crippen LogP contribution in [-0.2, 0) is 11.3 Å². The normalized spacial score (nSPS) is 23.7.